The summed E-state index contributed by atoms with van der Waals surface area (Å²) in [7, 11) is 1.31. The van der Waals surface area contributed by atoms with E-state index in [1.807, 2.05) is 0 Å². The quantitative estimate of drug-likeness (QED) is 0.485. The molecular formula is C19H14N2O4S2. The van der Waals surface area contributed by atoms with Gasteiger partial charge in [0.15, 0.2) is 4.32 Å². The van der Waals surface area contributed by atoms with Crippen LogP contribution in [0, 0.1) is 0 Å². The smallest absolute Gasteiger partial charge is 0.337 e. The summed E-state index contributed by atoms with van der Waals surface area (Å²) in [6.07, 6.45) is 1.65. The number of thioether (sulfide) groups is 1. The largest absolute Gasteiger partial charge is 0.465 e. The number of hydrogen-bond donors (Lipinski definition) is 1. The molecule has 2 aromatic carbocycles. The fourth-order valence-corrected chi connectivity index (χ4v) is 3.48. The van der Waals surface area contributed by atoms with Gasteiger partial charge >= 0.3 is 5.97 Å². The summed E-state index contributed by atoms with van der Waals surface area (Å²) < 4.78 is 4.89. The number of nitrogens with zero attached hydrogens (tertiary/aromatic N) is 1. The summed E-state index contributed by atoms with van der Waals surface area (Å²) >= 11 is 6.29. The Kier molecular flexibility index (Phi) is 5.68. The van der Waals surface area contributed by atoms with E-state index in [0.717, 1.165) is 22.3 Å². The highest BCUT2D eigenvalue weighted by atomic mass is 32.2. The first-order valence-electron chi connectivity index (χ1n) is 7.82. The summed E-state index contributed by atoms with van der Waals surface area (Å²) in [4.78, 5) is 36.7. The molecule has 3 rings (SSSR count). The van der Waals surface area contributed by atoms with Crippen LogP contribution >= 0.6 is 24.0 Å². The van der Waals surface area contributed by atoms with Crippen molar-refractivity contribution in [1.82, 2.24) is 10.4 Å². The number of hydrogen-bond acceptors (Lipinski definition) is 6. The Labute approximate surface area is 165 Å². The summed E-state index contributed by atoms with van der Waals surface area (Å²) in [6, 6.07) is 15.2. The van der Waals surface area contributed by atoms with Crippen molar-refractivity contribution in [3.63, 3.8) is 0 Å². The molecule has 8 heteroatoms. The summed E-state index contributed by atoms with van der Waals surface area (Å²) in [6.45, 7) is 0. The Morgan fingerprint density at radius 1 is 1.07 bits per heavy atom. The number of amides is 2. The van der Waals surface area contributed by atoms with E-state index in [0.29, 0.717) is 16.0 Å². The van der Waals surface area contributed by atoms with Gasteiger partial charge in [0, 0.05) is 5.56 Å². The second-order valence-corrected chi connectivity index (χ2v) is 7.11. The van der Waals surface area contributed by atoms with Gasteiger partial charge in [0.1, 0.15) is 0 Å². The van der Waals surface area contributed by atoms with Crippen molar-refractivity contribution in [2.24, 2.45) is 0 Å². The number of ether oxygens (including phenoxy) is 1. The maximum absolute atomic E-state index is 12.6. The van der Waals surface area contributed by atoms with E-state index < -0.39 is 17.8 Å². The van der Waals surface area contributed by atoms with Gasteiger partial charge in [-0.3, -0.25) is 15.0 Å². The molecular weight excluding hydrogens is 384 g/mol. The molecule has 2 amide bonds. The molecule has 6 nitrogen and oxygen atoms in total. The average molecular weight is 398 g/mol. The van der Waals surface area contributed by atoms with Crippen LogP contribution in [0.5, 0.6) is 0 Å². The summed E-state index contributed by atoms with van der Waals surface area (Å²) in [5.41, 5.74) is 4.08. The van der Waals surface area contributed by atoms with Crippen LogP contribution in [0.2, 0.25) is 0 Å². The second kappa shape index (κ2) is 8.15. The van der Waals surface area contributed by atoms with E-state index >= 15 is 0 Å². The summed E-state index contributed by atoms with van der Waals surface area (Å²) in [5.74, 6) is -1.27. The Hall–Kier alpha value is -2.97. The van der Waals surface area contributed by atoms with E-state index in [1.54, 1.807) is 60.7 Å². The molecule has 1 saturated heterocycles. The third-order valence-corrected chi connectivity index (χ3v) is 4.97. The predicted molar refractivity (Wildman–Crippen MR) is 107 cm³/mol. The number of esters is 1. The molecule has 0 atom stereocenters. The lowest BCUT2D eigenvalue weighted by atomic mass is 10.1. The van der Waals surface area contributed by atoms with Crippen molar-refractivity contribution >= 4 is 52.2 Å². The molecule has 2 aromatic rings. The van der Waals surface area contributed by atoms with E-state index in [2.05, 4.69) is 10.2 Å². The molecule has 0 radical (unpaired) electrons. The molecule has 1 fully saturated rings. The van der Waals surface area contributed by atoms with Gasteiger partial charge in [0.25, 0.3) is 11.8 Å². The number of carbonyl (C=O) groups is 3. The average Bonchev–Trinajstić information content (AvgIpc) is 2.96. The van der Waals surface area contributed by atoms with Crippen LogP contribution in [0.1, 0.15) is 26.3 Å². The fourth-order valence-electron chi connectivity index (χ4n) is 2.30. The zero-order chi connectivity index (χ0) is 19.4. The normalized spacial score (nSPS) is 15.1. The van der Waals surface area contributed by atoms with Gasteiger partial charge < -0.3 is 4.74 Å². The van der Waals surface area contributed by atoms with Crippen molar-refractivity contribution < 1.29 is 19.1 Å². The Bertz CT molecular complexity index is 940. The van der Waals surface area contributed by atoms with Gasteiger partial charge in [-0.25, -0.2) is 4.79 Å². The van der Waals surface area contributed by atoms with Crippen LogP contribution < -0.4 is 5.43 Å². The molecule has 0 unspecified atom stereocenters. The predicted octanol–water partition coefficient (Wildman–Crippen LogP) is 3.02. The number of rotatable bonds is 4. The van der Waals surface area contributed by atoms with Crippen molar-refractivity contribution in [2.45, 2.75) is 0 Å². The molecule has 136 valence electrons. The highest BCUT2D eigenvalue weighted by Crippen LogP contribution is 2.31. The monoisotopic (exact) mass is 398 g/mol. The molecule has 0 aliphatic carbocycles. The molecule has 1 heterocycles. The van der Waals surface area contributed by atoms with Crippen LogP contribution in [0.15, 0.2) is 59.5 Å². The second-order valence-electron chi connectivity index (χ2n) is 5.44. The molecule has 0 bridgehead atoms. The molecule has 0 saturated carbocycles. The number of nitrogens with one attached hydrogen (secondary N) is 1. The van der Waals surface area contributed by atoms with Crippen molar-refractivity contribution in [3.05, 3.63) is 76.2 Å². The number of thiocarbonyl (C=S) groups is 1. The standard InChI is InChI=1S/C19H14N2O4S2/c1-25-18(24)14-9-7-12(8-10-14)11-15-17(23)21(19(26)27-15)20-16(22)13-5-3-2-4-6-13/h2-11H,1H3,(H,20,22). The van der Waals surface area contributed by atoms with E-state index in [1.165, 1.54) is 7.11 Å². The lowest BCUT2D eigenvalue weighted by Crippen LogP contribution is -2.44. The minimum atomic E-state index is -0.434. The fraction of sp³-hybridized carbons (Fsp3) is 0.0526. The zero-order valence-electron chi connectivity index (χ0n) is 14.2. The highest BCUT2D eigenvalue weighted by Gasteiger charge is 2.33. The molecule has 1 aliphatic heterocycles. The van der Waals surface area contributed by atoms with Crippen LogP contribution in [0.4, 0.5) is 0 Å². The van der Waals surface area contributed by atoms with Gasteiger partial charge in [-0.05, 0) is 48.1 Å². The molecule has 1 N–H and O–H groups in total. The van der Waals surface area contributed by atoms with Gasteiger partial charge in [-0.1, -0.05) is 42.1 Å². The van der Waals surface area contributed by atoms with Crippen LogP contribution in [0.3, 0.4) is 0 Å². The SMILES string of the molecule is COC(=O)c1ccc(C=C2SC(=S)N(NC(=O)c3ccccc3)C2=O)cc1. The van der Waals surface area contributed by atoms with E-state index in [9.17, 15) is 14.4 Å². The number of benzene rings is 2. The number of hydrazine groups is 1. The van der Waals surface area contributed by atoms with Gasteiger partial charge in [-0.2, -0.15) is 5.01 Å². The molecule has 27 heavy (non-hydrogen) atoms. The van der Waals surface area contributed by atoms with Crippen LogP contribution in [0.25, 0.3) is 6.08 Å². The first-order chi connectivity index (χ1) is 13.0. The van der Waals surface area contributed by atoms with Gasteiger partial charge in [-0.15, -0.1) is 0 Å². The maximum Gasteiger partial charge on any atom is 0.337 e. The number of carbonyl (C=O) groups excluding carboxylic acids is 3. The van der Waals surface area contributed by atoms with Gasteiger partial charge in [0.05, 0.1) is 17.6 Å². The van der Waals surface area contributed by atoms with Crippen molar-refractivity contribution in [3.8, 4) is 0 Å². The first kappa shape index (κ1) is 18.8. The topological polar surface area (TPSA) is 75.7 Å². The lowest BCUT2D eigenvalue weighted by Gasteiger charge is -2.15. The maximum atomic E-state index is 12.6. The lowest BCUT2D eigenvalue weighted by molar-refractivity contribution is -0.123. The van der Waals surface area contributed by atoms with Crippen molar-refractivity contribution in [2.75, 3.05) is 7.11 Å². The Morgan fingerprint density at radius 3 is 2.37 bits per heavy atom. The molecule has 0 spiro atoms. The molecule has 0 aromatic heterocycles. The van der Waals surface area contributed by atoms with E-state index in [4.69, 9.17) is 12.2 Å². The third-order valence-electron chi connectivity index (χ3n) is 3.67. The third kappa shape index (κ3) is 4.24. The van der Waals surface area contributed by atoms with Crippen LogP contribution in [-0.4, -0.2) is 34.2 Å². The minimum absolute atomic E-state index is 0.238. The Balaban J connectivity index is 1.74. The first-order valence-corrected chi connectivity index (χ1v) is 9.04. The van der Waals surface area contributed by atoms with Crippen LogP contribution in [-0.2, 0) is 9.53 Å². The minimum Gasteiger partial charge on any atom is -0.465 e. The summed E-state index contributed by atoms with van der Waals surface area (Å²) in [5, 5.41) is 1.06. The Morgan fingerprint density at radius 2 is 1.74 bits per heavy atom. The zero-order valence-corrected chi connectivity index (χ0v) is 15.8. The van der Waals surface area contributed by atoms with Crippen molar-refractivity contribution in [1.29, 1.82) is 0 Å². The van der Waals surface area contributed by atoms with Gasteiger partial charge in [0.2, 0.25) is 0 Å². The number of methoxy groups -OCH3 is 1. The van der Waals surface area contributed by atoms with E-state index in [-0.39, 0.29) is 4.32 Å². The molecule has 1 aliphatic rings. The highest BCUT2D eigenvalue weighted by molar-refractivity contribution is 8.26.